The lowest BCUT2D eigenvalue weighted by atomic mass is 9.67. The number of hydrogen-bond donors (Lipinski definition) is 1. The van der Waals surface area contributed by atoms with Crippen LogP contribution in [0.2, 0.25) is 0 Å². The molecule has 0 fully saturated rings. The zero-order valence-electron chi connectivity index (χ0n) is 22.6. The third-order valence-corrected chi connectivity index (χ3v) is 7.58. The Bertz CT molecular complexity index is 1600. The summed E-state index contributed by atoms with van der Waals surface area (Å²) >= 11 is 0. The van der Waals surface area contributed by atoms with E-state index in [2.05, 4.69) is 4.98 Å². The molecule has 2 N–H and O–H groups in total. The predicted octanol–water partition coefficient (Wildman–Crippen LogP) is 4.85. The van der Waals surface area contributed by atoms with Gasteiger partial charge in [-0.1, -0.05) is 42.5 Å². The number of hydrogen-bond acceptors (Lipinski definition) is 8. The molecule has 3 aromatic rings. The lowest BCUT2D eigenvalue weighted by Gasteiger charge is -2.44. The van der Waals surface area contributed by atoms with E-state index in [-0.39, 0.29) is 34.8 Å². The van der Waals surface area contributed by atoms with Crippen molar-refractivity contribution in [2.24, 2.45) is 11.7 Å². The number of alkyl halides is 3. The van der Waals surface area contributed by atoms with Crippen LogP contribution in [-0.2, 0) is 30.0 Å². The lowest BCUT2D eigenvalue weighted by Crippen LogP contribution is -2.46. The number of carbonyl (C=O) groups excluding carboxylic acids is 3. The fraction of sp³-hybridized carbons (Fsp3) is 0.226. The van der Waals surface area contributed by atoms with Crippen molar-refractivity contribution in [1.29, 1.82) is 0 Å². The first kappa shape index (κ1) is 28.6. The predicted molar refractivity (Wildman–Crippen MR) is 145 cm³/mol. The Morgan fingerprint density at radius 3 is 2.31 bits per heavy atom. The topological polar surface area (TPSA) is 112 Å². The number of aromatic nitrogens is 1. The summed E-state index contributed by atoms with van der Waals surface area (Å²) in [7, 11) is 2.31. The van der Waals surface area contributed by atoms with Gasteiger partial charge in [-0.3, -0.25) is 19.5 Å². The summed E-state index contributed by atoms with van der Waals surface area (Å²) in [4.78, 5) is 46.4. The number of nitrogens with two attached hydrogens (primary N) is 1. The molecule has 0 radical (unpaired) electrons. The van der Waals surface area contributed by atoms with Crippen LogP contribution in [0.15, 0.2) is 102 Å². The first-order valence-electron chi connectivity index (χ1n) is 12.9. The van der Waals surface area contributed by atoms with Gasteiger partial charge in [-0.15, -0.1) is 0 Å². The number of methoxy groups -OCH3 is 2. The van der Waals surface area contributed by atoms with Gasteiger partial charge in [-0.25, -0.2) is 4.79 Å². The van der Waals surface area contributed by atoms with Gasteiger partial charge < -0.3 is 15.2 Å². The Kier molecular flexibility index (Phi) is 7.59. The molecule has 0 amide bonds. The Hall–Kier alpha value is -4.93. The second-order valence-electron chi connectivity index (χ2n) is 9.84. The van der Waals surface area contributed by atoms with Crippen molar-refractivity contribution in [2.45, 2.75) is 24.4 Å². The van der Waals surface area contributed by atoms with Crippen molar-refractivity contribution in [2.75, 3.05) is 19.1 Å². The van der Waals surface area contributed by atoms with E-state index in [1.165, 1.54) is 36.5 Å². The van der Waals surface area contributed by atoms with Gasteiger partial charge in [0.15, 0.2) is 5.78 Å². The summed E-state index contributed by atoms with van der Waals surface area (Å²) in [5.74, 6) is -5.66. The molecular formula is C31H26F3N3O5. The summed E-state index contributed by atoms with van der Waals surface area (Å²) in [6, 6.07) is 16.5. The zero-order valence-corrected chi connectivity index (χ0v) is 22.6. The third kappa shape index (κ3) is 4.91. The second-order valence-corrected chi connectivity index (χ2v) is 9.84. The van der Waals surface area contributed by atoms with Gasteiger partial charge >= 0.3 is 18.1 Å². The van der Waals surface area contributed by atoms with E-state index in [0.29, 0.717) is 11.1 Å². The van der Waals surface area contributed by atoms with Crippen LogP contribution in [0, 0.1) is 5.92 Å². The first-order chi connectivity index (χ1) is 20.1. The molecule has 216 valence electrons. The monoisotopic (exact) mass is 577 g/mol. The standard InChI is InChI=1S/C31H26F3N3O5/c1-41-29(39)24-21(17-8-4-3-5-9-17)15-22-25(27(24)38)23(18-10-7-13-36-16-18)26(30(40)42-2)28(35)37(22)20-12-6-11-19(14-20)31(32,33)34/h3-14,16,21,23-24H,15,35H2,1-2H3/t21-,23+,24+/m0/s1. The van der Waals surface area contributed by atoms with Crippen LogP contribution in [-0.4, -0.2) is 36.9 Å². The summed E-state index contributed by atoms with van der Waals surface area (Å²) < 4.78 is 51.4. The largest absolute Gasteiger partial charge is 0.468 e. The minimum atomic E-state index is -4.67. The molecule has 0 saturated heterocycles. The molecule has 2 aliphatic rings. The normalized spacial score (nSPS) is 20.7. The van der Waals surface area contributed by atoms with E-state index in [1.54, 1.807) is 42.5 Å². The van der Waals surface area contributed by atoms with Crippen molar-refractivity contribution in [1.82, 2.24) is 4.98 Å². The molecule has 0 unspecified atom stereocenters. The zero-order chi connectivity index (χ0) is 30.2. The van der Waals surface area contributed by atoms with Gasteiger partial charge in [0.2, 0.25) is 0 Å². The van der Waals surface area contributed by atoms with Crippen LogP contribution in [0.25, 0.3) is 0 Å². The van der Waals surface area contributed by atoms with Crippen LogP contribution in [0.1, 0.15) is 34.9 Å². The molecule has 3 atom stereocenters. The molecule has 2 aromatic carbocycles. The quantitative estimate of drug-likeness (QED) is 0.339. The Labute approximate surface area is 239 Å². The van der Waals surface area contributed by atoms with Crippen molar-refractivity contribution in [3.05, 3.63) is 118 Å². The van der Waals surface area contributed by atoms with E-state index in [4.69, 9.17) is 15.2 Å². The minimum Gasteiger partial charge on any atom is -0.468 e. The van der Waals surface area contributed by atoms with Crippen molar-refractivity contribution >= 4 is 23.4 Å². The summed E-state index contributed by atoms with van der Waals surface area (Å²) in [6.45, 7) is 0. The molecule has 42 heavy (non-hydrogen) atoms. The van der Waals surface area contributed by atoms with Crippen LogP contribution in [0.4, 0.5) is 18.9 Å². The number of esters is 2. The van der Waals surface area contributed by atoms with Gasteiger partial charge in [0.05, 0.1) is 31.3 Å². The molecule has 5 rings (SSSR count). The third-order valence-electron chi connectivity index (χ3n) is 7.58. The van der Waals surface area contributed by atoms with Crippen LogP contribution >= 0.6 is 0 Å². The lowest BCUT2D eigenvalue weighted by molar-refractivity contribution is -0.150. The maximum Gasteiger partial charge on any atom is 0.416 e. The molecule has 1 aliphatic carbocycles. The van der Waals surface area contributed by atoms with E-state index in [0.717, 1.165) is 19.2 Å². The number of allylic oxidation sites excluding steroid dienone is 2. The average Bonchev–Trinajstić information content (AvgIpc) is 3.00. The maximum absolute atomic E-state index is 14.5. The number of ketones is 1. The van der Waals surface area contributed by atoms with Crippen LogP contribution in [0.5, 0.6) is 0 Å². The van der Waals surface area contributed by atoms with Gasteiger partial charge in [0, 0.05) is 35.3 Å². The van der Waals surface area contributed by atoms with Gasteiger partial charge in [0.25, 0.3) is 0 Å². The molecule has 8 nitrogen and oxygen atoms in total. The molecule has 0 spiro atoms. The van der Waals surface area contributed by atoms with Gasteiger partial charge in [-0.05, 0) is 41.8 Å². The summed E-state index contributed by atoms with van der Waals surface area (Å²) in [5.41, 5.74) is 6.85. The molecular weight excluding hydrogens is 551 g/mol. The van der Waals surface area contributed by atoms with Gasteiger partial charge in [0.1, 0.15) is 11.7 Å². The summed E-state index contributed by atoms with van der Waals surface area (Å²) in [6.07, 6.45) is -1.69. The van der Waals surface area contributed by atoms with Crippen molar-refractivity contribution < 1.29 is 37.0 Å². The van der Waals surface area contributed by atoms with Crippen LogP contribution < -0.4 is 10.6 Å². The highest BCUT2D eigenvalue weighted by Gasteiger charge is 2.51. The number of ether oxygens (including phenoxy) is 2. The Morgan fingerprint density at radius 1 is 0.976 bits per heavy atom. The number of benzene rings is 2. The Balaban J connectivity index is 1.84. The maximum atomic E-state index is 14.5. The van der Waals surface area contributed by atoms with Crippen molar-refractivity contribution in [3.63, 3.8) is 0 Å². The van der Waals surface area contributed by atoms with E-state index in [1.807, 2.05) is 0 Å². The average molecular weight is 578 g/mol. The van der Waals surface area contributed by atoms with E-state index >= 15 is 0 Å². The number of halogens is 3. The highest BCUT2D eigenvalue weighted by Crippen LogP contribution is 2.51. The first-order valence-corrected chi connectivity index (χ1v) is 12.9. The smallest absolute Gasteiger partial charge is 0.416 e. The molecule has 1 aliphatic heterocycles. The van der Waals surface area contributed by atoms with E-state index < -0.39 is 47.2 Å². The SMILES string of the molecule is COC(=O)C1=C(N)N(c2cccc(C(F)(F)F)c2)C2=C(C(=O)[C@H](C(=O)OC)[C@H](c3ccccc3)C2)[C@H]1c1cccnc1. The molecule has 1 aromatic heterocycles. The van der Waals surface area contributed by atoms with Crippen molar-refractivity contribution in [3.8, 4) is 0 Å². The van der Waals surface area contributed by atoms with Gasteiger partial charge in [-0.2, -0.15) is 13.2 Å². The fourth-order valence-corrected chi connectivity index (χ4v) is 5.74. The highest BCUT2D eigenvalue weighted by molar-refractivity contribution is 6.14. The molecule has 2 heterocycles. The number of nitrogens with zero attached hydrogens (tertiary/aromatic N) is 2. The number of carbonyl (C=O) groups is 3. The number of anilines is 1. The summed E-state index contributed by atoms with van der Waals surface area (Å²) in [5, 5.41) is 0. The molecule has 0 saturated carbocycles. The number of pyridine rings is 1. The fourth-order valence-electron chi connectivity index (χ4n) is 5.74. The Morgan fingerprint density at radius 2 is 1.69 bits per heavy atom. The number of rotatable bonds is 5. The second kappa shape index (κ2) is 11.2. The molecule has 0 bridgehead atoms. The minimum absolute atomic E-state index is 0.0167. The highest BCUT2D eigenvalue weighted by atomic mass is 19.4. The number of Topliss-reactive ketones (excluding diaryl/α,β-unsaturated/α-hetero) is 1. The van der Waals surface area contributed by atoms with E-state index in [9.17, 15) is 27.6 Å². The van der Waals surface area contributed by atoms with Crippen LogP contribution in [0.3, 0.4) is 0 Å². The molecule has 11 heteroatoms.